The molecule has 0 aliphatic heterocycles. The fraction of sp³-hybridized carbons (Fsp3) is 0.385. The van der Waals surface area contributed by atoms with Gasteiger partial charge in [-0.3, -0.25) is 9.97 Å². The van der Waals surface area contributed by atoms with E-state index >= 15 is 0 Å². The zero-order valence-corrected chi connectivity index (χ0v) is 10.3. The van der Waals surface area contributed by atoms with Crippen LogP contribution in [0.15, 0.2) is 30.7 Å². The SMILES string of the molecule is CC.CC.Cc1cnc2ccncc2c1. The van der Waals surface area contributed by atoms with E-state index in [1.54, 1.807) is 6.20 Å². The van der Waals surface area contributed by atoms with Crippen molar-refractivity contribution >= 4 is 10.9 Å². The minimum Gasteiger partial charge on any atom is -0.264 e. The fourth-order valence-corrected chi connectivity index (χ4v) is 1.08. The van der Waals surface area contributed by atoms with Crippen LogP contribution in [0.2, 0.25) is 0 Å². The van der Waals surface area contributed by atoms with Gasteiger partial charge in [0.05, 0.1) is 5.52 Å². The van der Waals surface area contributed by atoms with Crippen LogP contribution in [0.25, 0.3) is 10.9 Å². The normalized spacial score (nSPS) is 8.33. The Labute approximate surface area is 92.4 Å². The smallest absolute Gasteiger partial charge is 0.0732 e. The molecule has 2 nitrogen and oxygen atoms in total. The molecule has 0 unspecified atom stereocenters. The van der Waals surface area contributed by atoms with Gasteiger partial charge in [0, 0.05) is 24.0 Å². The second-order valence-corrected chi connectivity index (χ2v) is 2.58. The summed E-state index contributed by atoms with van der Waals surface area (Å²) < 4.78 is 0. The third-order valence-electron chi connectivity index (χ3n) is 1.62. The largest absolute Gasteiger partial charge is 0.264 e. The van der Waals surface area contributed by atoms with Crippen LogP contribution in [-0.2, 0) is 0 Å². The van der Waals surface area contributed by atoms with Gasteiger partial charge >= 0.3 is 0 Å². The van der Waals surface area contributed by atoms with E-state index in [9.17, 15) is 0 Å². The van der Waals surface area contributed by atoms with E-state index < -0.39 is 0 Å². The first-order valence-electron chi connectivity index (χ1n) is 5.52. The standard InChI is InChI=1S/C9H8N2.2C2H6/c1-7-4-8-6-10-3-2-9(8)11-5-7;2*1-2/h2-6H,1H3;2*1-2H3. The molecule has 0 aromatic carbocycles. The molecule has 0 N–H and O–H groups in total. The highest BCUT2D eigenvalue weighted by Crippen LogP contribution is 2.09. The van der Waals surface area contributed by atoms with Gasteiger partial charge in [-0.05, 0) is 24.6 Å². The van der Waals surface area contributed by atoms with Crippen LogP contribution in [0, 0.1) is 6.92 Å². The van der Waals surface area contributed by atoms with Crippen LogP contribution in [0.3, 0.4) is 0 Å². The van der Waals surface area contributed by atoms with E-state index in [-0.39, 0.29) is 0 Å². The lowest BCUT2D eigenvalue weighted by atomic mass is 10.2. The average molecular weight is 204 g/mol. The first-order valence-corrected chi connectivity index (χ1v) is 5.52. The second kappa shape index (κ2) is 7.92. The van der Waals surface area contributed by atoms with E-state index in [0.29, 0.717) is 0 Å². The lowest BCUT2D eigenvalue weighted by Gasteiger charge is -1.95. The Kier molecular flexibility index (Phi) is 7.16. The molecule has 0 radical (unpaired) electrons. The van der Waals surface area contributed by atoms with Crippen molar-refractivity contribution in [1.82, 2.24) is 9.97 Å². The van der Waals surface area contributed by atoms with Crippen LogP contribution in [0.4, 0.5) is 0 Å². The topological polar surface area (TPSA) is 25.8 Å². The number of hydrogen-bond acceptors (Lipinski definition) is 2. The zero-order valence-electron chi connectivity index (χ0n) is 10.3. The van der Waals surface area contributed by atoms with E-state index in [1.807, 2.05) is 53.1 Å². The molecule has 2 heteroatoms. The Balaban J connectivity index is 0.000000442. The summed E-state index contributed by atoms with van der Waals surface area (Å²) in [5.41, 5.74) is 2.18. The zero-order chi connectivity index (χ0) is 11.7. The van der Waals surface area contributed by atoms with Crippen LogP contribution in [0.5, 0.6) is 0 Å². The van der Waals surface area contributed by atoms with Crippen molar-refractivity contribution in [2.24, 2.45) is 0 Å². The molecule has 0 spiro atoms. The highest BCUT2D eigenvalue weighted by molar-refractivity contribution is 5.77. The van der Waals surface area contributed by atoms with Crippen molar-refractivity contribution in [2.45, 2.75) is 34.6 Å². The molecule has 0 aliphatic rings. The third kappa shape index (κ3) is 4.07. The van der Waals surface area contributed by atoms with Gasteiger partial charge in [0.1, 0.15) is 0 Å². The Hall–Kier alpha value is -1.44. The van der Waals surface area contributed by atoms with Crippen molar-refractivity contribution in [3.05, 3.63) is 36.3 Å². The van der Waals surface area contributed by atoms with Crippen LogP contribution in [-0.4, -0.2) is 9.97 Å². The van der Waals surface area contributed by atoms with Crippen molar-refractivity contribution in [2.75, 3.05) is 0 Å². The molecule has 2 rings (SSSR count). The summed E-state index contributed by atoms with van der Waals surface area (Å²) in [6.45, 7) is 10.0. The Morgan fingerprint density at radius 3 is 2.33 bits per heavy atom. The lowest BCUT2D eigenvalue weighted by molar-refractivity contribution is 1.29. The predicted molar refractivity (Wildman–Crippen MR) is 67.0 cm³/mol. The van der Waals surface area contributed by atoms with E-state index in [0.717, 1.165) is 10.9 Å². The maximum atomic E-state index is 4.24. The van der Waals surface area contributed by atoms with Crippen LogP contribution < -0.4 is 0 Å². The molecule has 0 atom stereocenters. The first kappa shape index (κ1) is 13.6. The summed E-state index contributed by atoms with van der Waals surface area (Å²) in [5.74, 6) is 0. The highest BCUT2D eigenvalue weighted by Gasteiger charge is 1.91. The highest BCUT2D eigenvalue weighted by atomic mass is 14.7. The Bertz CT molecular complexity index is 383. The minimum atomic E-state index is 1.01. The van der Waals surface area contributed by atoms with Gasteiger partial charge in [0.25, 0.3) is 0 Å². The van der Waals surface area contributed by atoms with Gasteiger partial charge in [0.15, 0.2) is 0 Å². The monoisotopic (exact) mass is 204 g/mol. The number of aromatic nitrogens is 2. The maximum Gasteiger partial charge on any atom is 0.0732 e. The van der Waals surface area contributed by atoms with Crippen molar-refractivity contribution in [1.29, 1.82) is 0 Å². The molecular weight excluding hydrogens is 184 g/mol. The Morgan fingerprint density at radius 2 is 1.67 bits per heavy atom. The first-order chi connectivity index (χ1) is 7.36. The summed E-state index contributed by atoms with van der Waals surface area (Å²) in [4.78, 5) is 8.25. The summed E-state index contributed by atoms with van der Waals surface area (Å²) >= 11 is 0. The molecule has 2 heterocycles. The average Bonchev–Trinajstić information content (AvgIpc) is 2.34. The molecule has 82 valence electrons. The molecule has 0 amide bonds. The summed E-state index contributed by atoms with van der Waals surface area (Å²) in [6.07, 6.45) is 5.45. The van der Waals surface area contributed by atoms with Gasteiger partial charge in [-0.25, -0.2) is 0 Å². The van der Waals surface area contributed by atoms with Crippen LogP contribution in [0.1, 0.15) is 33.3 Å². The molecular formula is C13H20N2. The van der Waals surface area contributed by atoms with E-state index in [1.165, 1.54) is 5.56 Å². The van der Waals surface area contributed by atoms with Gasteiger partial charge in [-0.2, -0.15) is 0 Å². The fourth-order valence-electron chi connectivity index (χ4n) is 1.08. The maximum absolute atomic E-state index is 4.24. The molecule has 0 saturated heterocycles. The minimum absolute atomic E-state index is 1.01. The number of pyridine rings is 2. The summed E-state index contributed by atoms with van der Waals surface area (Å²) in [5, 5.41) is 1.10. The summed E-state index contributed by atoms with van der Waals surface area (Å²) in [6, 6.07) is 3.99. The van der Waals surface area contributed by atoms with Gasteiger partial charge in [-0.15, -0.1) is 0 Å². The second-order valence-electron chi connectivity index (χ2n) is 2.58. The molecule has 2 aromatic rings. The molecule has 15 heavy (non-hydrogen) atoms. The quantitative estimate of drug-likeness (QED) is 0.648. The number of rotatable bonds is 0. The van der Waals surface area contributed by atoms with Crippen LogP contribution >= 0.6 is 0 Å². The number of aryl methyl sites for hydroxylation is 1. The van der Waals surface area contributed by atoms with Gasteiger partial charge in [0.2, 0.25) is 0 Å². The van der Waals surface area contributed by atoms with Crippen molar-refractivity contribution < 1.29 is 0 Å². The van der Waals surface area contributed by atoms with E-state index in [2.05, 4.69) is 16.0 Å². The number of nitrogens with zero attached hydrogens (tertiary/aromatic N) is 2. The van der Waals surface area contributed by atoms with E-state index in [4.69, 9.17) is 0 Å². The summed E-state index contributed by atoms with van der Waals surface area (Å²) in [7, 11) is 0. The lowest BCUT2D eigenvalue weighted by Crippen LogP contribution is -1.80. The molecule has 0 aliphatic carbocycles. The number of hydrogen-bond donors (Lipinski definition) is 0. The predicted octanol–water partition coefficient (Wildman–Crippen LogP) is 3.99. The van der Waals surface area contributed by atoms with Gasteiger partial charge < -0.3 is 0 Å². The third-order valence-corrected chi connectivity index (χ3v) is 1.62. The number of fused-ring (bicyclic) bond motifs is 1. The molecule has 0 bridgehead atoms. The molecule has 0 fully saturated rings. The Morgan fingerprint density at radius 1 is 1.00 bits per heavy atom. The molecule has 2 aromatic heterocycles. The van der Waals surface area contributed by atoms with Crippen molar-refractivity contribution in [3.63, 3.8) is 0 Å². The van der Waals surface area contributed by atoms with Crippen molar-refractivity contribution in [3.8, 4) is 0 Å². The van der Waals surface area contributed by atoms with Gasteiger partial charge in [-0.1, -0.05) is 27.7 Å². The molecule has 0 saturated carbocycles.